The van der Waals surface area contributed by atoms with Crippen molar-refractivity contribution >= 4 is 17.2 Å². The van der Waals surface area contributed by atoms with Gasteiger partial charge in [0.1, 0.15) is 34.0 Å². The standard InChI is InChI=1S/C21H17N3O5/c1-8-17(27)15(10(3)25)19-16(18(8)28)21(4)12(29-19)7-11(26)14-9(2)23-13-5-6-22-24(13)20(14)21/h5-7,27-28H,1-4H3. The number of aromatic hydroxyl groups is 2. The summed E-state index contributed by atoms with van der Waals surface area (Å²) in [6.07, 6.45) is 2.93. The first-order chi connectivity index (χ1) is 13.7. The quantitative estimate of drug-likeness (QED) is 0.613. The zero-order valence-corrected chi connectivity index (χ0v) is 16.2. The van der Waals surface area contributed by atoms with E-state index in [9.17, 15) is 19.8 Å². The van der Waals surface area contributed by atoms with E-state index < -0.39 is 11.2 Å². The molecule has 3 aromatic rings. The number of carbonyl (C=O) groups is 2. The Morgan fingerprint density at radius 3 is 2.66 bits per heavy atom. The van der Waals surface area contributed by atoms with E-state index in [2.05, 4.69) is 10.1 Å². The van der Waals surface area contributed by atoms with Gasteiger partial charge in [-0.25, -0.2) is 9.50 Å². The van der Waals surface area contributed by atoms with Crippen LogP contribution in [-0.4, -0.2) is 36.4 Å². The SMILES string of the molecule is CC(=O)c1c(O)c(C)c(O)c2c1OC1=CC(=O)c3c(C)nc4ccnn4c3C12C. The van der Waals surface area contributed by atoms with Crippen LogP contribution in [-0.2, 0) is 5.41 Å². The maximum atomic E-state index is 12.9. The fourth-order valence-electron chi connectivity index (χ4n) is 4.47. The lowest BCUT2D eigenvalue weighted by Crippen LogP contribution is -2.34. The molecule has 8 heteroatoms. The fraction of sp³-hybridized carbons (Fsp3) is 0.238. The Balaban J connectivity index is 2.00. The zero-order valence-electron chi connectivity index (χ0n) is 16.2. The van der Waals surface area contributed by atoms with Gasteiger partial charge in [0.05, 0.1) is 28.7 Å². The number of rotatable bonds is 1. The Morgan fingerprint density at radius 2 is 1.97 bits per heavy atom. The Morgan fingerprint density at radius 1 is 1.24 bits per heavy atom. The Labute approximate surface area is 165 Å². The van der Waals surface area contributed by atoms with Crippen LogP contribution >= 0.6 is 0 Å². The van der Waals surface area contributed by atoms with E-state index in [4.69, 9.17) is 4.74 Å². The first kappa shape index (κ1) is 17.4. The van der Waals surface area contributed by atoms with E-state index in [1.54, 1.807) is 30.6 Å². The van der Waals surface area contributed by atoms with Crippen molar-refractivity contribution in [3.05, 3.63) is 57.7 Å². The number of phenols is 2. The van der Waals surface area contributed by atoms with E-state index >= 15 is 0 Å². The molecule has 2 aliphatic rings. The molecule has 2 N–H and O–H groups in total. The summed E-state index contributed by atoms with van der Waals surface area (Å²) in [4.78, 5) is 29.7. The normalized spacial score (nSPS) is 19.4. The van der Waals surface area contributed by atoms with Gasteiger partial charge >= 0.3 is 0 Å². The Kier molecular flexibility index (Phi) is 3.14. The number of Topliss-reactive ketones (excluding diaryl/α,β-unsaturated/α-hetero) is 1. The van der Waals surface area contributed by atoms with Gasteiger partial charge in [-0.1, -0.05) is 0 Å². The van der Waals surface area contributed by atoms with E-state index in [-0.39, 0.29) is 39.9 Å². The van der Waals surface area contributed by atoms with Crippen LogP contribution in [0.25, 0.3) is 5.65 Å². The molecule has 3 heterocycles. The van der Waals surface area contributed by atoms with E-state index in [1.165, 1.54) is 19.9 Å². The molecule has 1 aliphatic heterocycles. The van der Waals surface area contributed by atoms with Gasteiger partial charge in [-0.2, -0.15) is 5.10 Å². The second-order valence-corrected chi connectivity index (χ2v) is 7.58. The number of allylic oxidation sites excluding steroid dienone is 2. The number of hydrogen-bond acceptors (Lipinski definition) is 7. The van der Waals surface area contributed by atoms with Crippen LogP contribution in [0.15, 0.2) is 24.1 Å². The lowest BCUT2D eigenvalue weighted by molar-refractivity contribution is 0.101. The molecule has 0 fully saturated rings. The van der Waals surface area contributed by atoms with Crippen LogP contribution < -0.4 is 4.74 Å². The van der Waals surface area contributed by atoms with Crippen molar-refractivity contribution in [1.82, 2.24) is 14.6 Å². The van der Waals surface area contributed by atoms with Crippen molar-refractivity contribution in [1.29, 1.82) is 0 Å². The van der Waals surface area contributed by atoms with Crippen molar-refractivity contribution < 1.29 is 24.5 Å². The molecule has 0 spiro atoms. The van der Waals surface area contributed by atoms with Gasteiger partial charge in [0.15, 0.2) is 17.2 Å². The summed E-state index contributed by atoms with van der Waals surface area (Å²) in [6.45, 7) is 6.38. The van der Waals surface area contributed by atoms with Crippen LogP contribution in [0.5, 0.6) is 17.2 Å². The molecule has 8 nitrogen and oxygen atoms in total. The lowest BCUT2D eigenvalue weighted by Gasteiger charge is -2.31. The Bertz CT molecular complexity index is 1330. The molecule has 1 unspecified atom stereocenters. The number of benzene rings is 1. The minimum atomic E-state index is -1.11. The summed E-state index contributed by atoms with van der Waals surface area (Å²) in [5.41, 5.74) is 1.31. The second-order valence-electron chi connectivity index (χ2n) is 7.58. The molecule has 0 radical (unpaired) electrons. The second kappa shape index (κ2) is 5.22. The molecular weight excluding hydrogens is 374 g/mol. The van der Waals surface area contributed by atoms with E-state index in [0.717, 1.165) is 0 Å². The summed E-state index contributed by atoms with van der Waals surface area (Å²) in [5, 5.41) is 25.8. The number of carbonyl (C=O) groups excluding carboxylic acids is 2. The van der Waals surface area contributed by atoms with Crippen molar-refractivity contribution in [3.8, 4) is 17.2 Å². The number of aromatic nitrogens is 3. The molecule has 0 saturated carbocycles. The maximum Gasteiger partial charge on any atom is 0.192 e. The largest absolute Gasteiger partial charge is 0.507 e. The van der Waals surface area contributed by atoms with Gasteiger partial charge in [0.25, 0.3) is 0 Å². The molecule has 1 aliphatic carbocycles. The molecule has 2 aromatic heterocycles. The topological polar surface area (TPSA) is 114 Å². The van der Waals surface area contributed by atoms with Gasteiger partial charge in [0.2, 0.25) is 0 Å². The van der Waals surface area contributed by atoms with E-state index in [0.29, 0.717) is 28.2 Å². The molecule has 29 heavy (non-hydrogen) atoms. The average molecular weight is 391 g/mol. The first-order valence-corrected chi connectivity index (χ1v) is 9.07. The summed E-state index contributed by atoms with van der Waals surface area (Å²) in [6, 6.07) is 1.72. The molecule has 0 amide bonds. The molecule has 0 bridgehead atoms. The molecule has 146 valence electrons. The van der Waals surface area contributed by atoms with Gasteiger partial charge in [-0.3, -0.25) is 9.59 Å². The molecule has 0 saturated heterocycles. The number of nitrogens with zero attached hydrogens (tertiary/aromatic N) is 3. The predicted octanol–water partition coefficient (Wildman–Crippen LogP) is 2.74. The van der Waals surface area contributed by atoms with Crippen molar-refractivity contribution in [2.45, 2.75) is 33.1 Å². The highest BCUT2D eigenvalue weighted by Gasteiger charge is 2.54. The van der Waals surface area contributed by atoms with Crippen LogP contribution in [0.1, 0.15) is 57.1 Å². The highest BCUT2D eigenvalue weighted by Crippen LogP contribution is 2.59. The third-order valence-corrected chi connectivity index (χ3v) is 5.89. The third kappa shape index (κ3) is 1.88. The summed E-state index contributed by atoms with van der Waals surface area (Å²) in [5.74, 6) is -0.918. The predicted molar refractivity (Wildman–Crippen MR) is 102 cm³/mol. The number of aryl methyl sites for hydroxylation is 1. The first-order valence-electron chi connectivity index (χ1n) is 9.07. The number of ether oxygens (including phenoxy) is 1. The number of fused-ring (bicyclic) bond motifs is 7. The van der Waals surface area contributed by atoms with Gasteiger partial charge in [-0.15, -0.1) is 0 Å². The molecule has 5 rings (SSSR count). The molecule has 1 atom stereocenters. The van der Waals surface area contributed by atoms with E-state index in [1.807, 2.05) is 0 Å². The molecular formula is C21H17N3O5. The zero-order chi connectivity index (χ0) is 20.8. The smallest absolute Gasteiger partial charge is 0.192 e. The lowest BCUT2D eigenvalue weighted by atomic mass is 9.71. The fourth-order valence-corrected chi connectivity index (χ4v) is 4.47. The van der Waals surface area contributed by atoms with Crippen LogP contribution in [0.4, 0.5) is 0 Å². The minimum Gasteiger partial charge on any atom is -0.507 e. The summed E-state index contributed by atoms with van der Waals surface area (Å²) >= 11 is 0. The number of hydrogen-bond donors (Lipinski definition) is 2. The van der Waals surface area contributed by atoms with Gasteiger partial charge in [0, 0.05) is 17.7 Å². The van der Waals surface area contributed by atoms with Crippen LogP contribution in [0.2, 0.25) is 0 Å². The van der Waals surface area contributed by atoms with Crippen molar-refractivity contribution in [2.24, 2.45) is 0 Å². The van der Waals surface area contributed by atoms with Crippen molar-refractivity contribution in [2.75, 3.05) is 0 Å². The minimum absolute atomic E-state index is 0.0247. The average Bonchev–Trinajstić information content (AvgIpc) is 3.21. The van der Waals surface area contributed by atoms with Gasteiger partial charge in [-0.05, 0) is 27.7 Å². The van der Waals surface area contributed by atoms with Crippen LogP contribution in [0.3, 0.4) is 0 Å². The third-order valence-electron chi connectivity index (χ3n) is 5.89. The summed E-state index contributed by atoms with van der Waals surface area (Å²) < 4.78 is 7.51. The summed E-state index contributed by atoms with van der Waals surface area (Å²) in [7, 11) is 0. The maximum absolute atomic E-state index is 12.9. The number of ketones is 2. The molecule has 1 aromatic carbocycles. The Hall–Kier alpha value is -3.68. The number of phenolic OH excluding ortho intramolecular Hbond substituents is 2. The van der Waals surface area contributed by atoms with Crippen LogP contribution in [0, 0.1) is 13.8 Å². The highest BCUT2D eigenvalue weighted by molar-refractivity contribution is 6.10. The van der Waals surface area contributed by atoms with Crippen molar-refractivity contribution in [3.63, 3.8) is 0 Å². The highest BCUT2D eigenvalue weighted by atomic mass is 16.5. The monoisotopic (exact) mass is 391 g/mol. The van der Waals surface area contributed by atoms with Gasteiger partial charge < -0.3 is 14.9 Å².